The van der Waals surface area contributed by atoms with Crippen LogP contribution in [0.4, 0.5) is 0 Å². The maximum Gasteiger partial charge on any atom is 0.125 e. The van der Waals surface area contributed by atoms with Gasteiger partial charge in [0.05, 0.1) is 6.67 Å². The summed E-state index contributed by atoms with van der Waals surface area (Å²) in [6, 6.07) is 12.7. The lowest BCUT2D eigenvalue weighted by Gasteiger charge is -2.18. The highest BCUT2D eigenvalue weighted by molar-refractivity contribution is 5.99. The summed E-state index contributed by atoms with van der Waals surface area (Å²) < 4.78 is 1.78. The molecule has 4 rings (SSSR count). The van der Waals surface area contributed by atoms with Crippen molar-refractivity contribution < 1.29 is 0 Å². The first-order valence-corrected chi connectivity index (χ1v) is 8.55. The highest BCUT2D eigenvalue weighted by atomic mass is 15.0. The molecule has 1 aromatic heterocycles. The molecule has 24 heavy (non-hydrogen) atoms. The number of aryl methyl sites for hydroxylation is 1. The molecule has 3 unspecified atom stereocenters. The van der Waals surface area contributed by atoms with Crippen molar-refractivity contribution in [1.82, 2.24) is 4.57 Å². The van der Waals surface area contributed by atoms with E-state index in [2.05, 4.69) is 50.3 Å². The fourth-order valence-corrected chi connectivity index (χ4v) is 3.99. The summed E-state index contributed by atoms with van der Waals surface area (Å²) in [6.45, 7) is 4.81. The minimum atomic E-state index is 0.325. The normalized spacial score (nSPS) is 24.9. The summed E-state index contributed by atoms with van der Waals surface area (Å²) in [7, 11) is 0. The van der Waals surface area contributed by atoms with Gasteiger partial charge < -0.3 is 10.3 Å². The predicted molar refractivity (Wildman–Crippen MR) is 97.8 cm³/mol. The molecule has 122 valence electrons. The van der Waals surface area contributed by atoms with Gasteiger partial charge >= 0.3 is 0 Å². The molecule has 0 radical (unpaired) electrons. The minimum Gasteiger partial charge on any atom is -0.320 e. The van der Waals surface area contributed by atoms with Crippen molar-refractivity contribution in [3.05, 3.63) is 76.9 Å². The van der Waals surface area contributed by atoms with Crippen LogP contribution in [0.5, 0.6) is 0 Å². The monoisotopic (exact) mass is 317 g/mol. The SMILES string of the molecule is Cc1cccc(C2=C(c3ccc(=N)n(CN)c3)C=CC3C(C)C23)c1. The maximum absolute atomic E-state index is 7.95. The number of rotatable bonds is 3. The molecule has 3 atom stereocenters. The Labute approximate surface area is 142 Å². The molecular weight excluding hydrogens is 294 g/mol. The molecule has 0 bridgehead atoms. The first-order valence-electron chi connectivity index (χ1n) is 8.55. The predicted octanol–water partition coefficient (Wildman–Crippen LogP) is 3.55. The smallest absolute Gasteiger partial charge is 0.125 e. The fraction of sp³-hybridized carbons (Fsp3) is 0.286. The van der Waals surface area contributed by atoms with Crippen LogP contribution in [0.15, 0.2) is 54.7 Å². The Hall–Kier alpha value is -2.39. The van der Waals surface area contributed by atoms with Gasteiger partial charge in [-0.25, -0.2) is 0 Å². The summed E-state index contributed by atoms with van der Waals surface area (Å²) in [6.07, 6.45) is 6.62. The summed E-state index contributed by atoms with van der Waals surface area (Å²) in [4.78, 5) is 0. The van der Waals surface area contributed by atoms with Gasteiger partial charge in [0.25, 0.3) is 0 Å². The third-order valence-electron chi connectivity index (χ3n) is 5.42. The van der Waals surface area contributed by atoms with Crippen LogP contribution in [0.1, 0.15) is 23.6 Å². The first kappa shape index (κ1) is 15.2. The number of pyridine rings is 1. The van der Waals surface area contributed by atoms with E-state index in [9.17, 15) is 0 Å². The summed E-state index contributed by atoms with van der Waals surface area (Å²) >= 11 is 0. The molecule has 1 heterocycles. The summed E-state index contributed by atoms with van der Waals surface area (Å²) in [5.74, 6) is 1.97. The topological polar surface area (TPSA) is 54.8 Å². The molecule has 1 aromatic carbocycles. The Kier molecular flexibility index (Phi) is 3.54. The second kappa shape index (κ2) is 5.60. The number of fused-ring (bicyclic) bond motifs is 1. The largest absolute Gasteiger partial charge is 0.320 e. The van der Waals surface area contributed by atoms with Gasteiger partial charge in [-0.3, -0.25) is 5.41 Å². The highest BCUT2D eigenvalue weighted by Crippen LogP contribution is 2.59. The Morgan fingerprint density at radius 1 is 1.17 bits per heavy atom. The molecule has 2 aliphatic rings. The van der Waals surface area contributed by atoms with E-state index < -0.39 is 0 Å². The first-order chi connectivity index (χ1) is 11.6. The second-order valence-electron chi connectivity index (χ2n) is 6.97. The molecule has 0 aliphatic heterocycles. The average molecular weight is 317 g/mol. The van der Waals surface area contributed by atoms with E-state index in [0.717, 1.165) is 5.56 Å². The number of nitrogens with two attached hydrogens (primary N) is 1. The zero-order valence-electron chi connectivity index (χ0n) is 14.2. The maximum atomic E-state index is 7.95. The summed E-state index contributed by atoms with van der Waals surface area (Å²) in [5.41, 5.74) is 12.7. The zero-order chi connectivity index (χ0) is 16.8. The second-order valence-corrected chi connectivity index (χ2v) is 6.97. The number of nitrogens with one attached hydrogen (secondary N) is 1. The molecule has 3 heteroatoms. The Morgan fingerprint density at radius 3 is 2.75 bits per heavy atom. The number of benzene rings is 1. The molecule has 0 spiro atoms. The molecule has 3 N–H and O–H groups in total. The van der Waals surface area contributed by atoms with E-state index in [1.807, 2.05) is 18.3 Å². The zero-order valence-corrected chi connectivity index (χ0v) is 14.2. The van der Waals surface area contributed by atoms with Crippen LogP contribution < -0.4 is 11.2 Å². The Bertz CT molecular complexity index is 917. The third kappa shape index (κ3) is 2.36. The van der Waals surface area contributed by atoms with Crippen LogP contribution in [0.2, 0.25) is 0 Å². The third-order valence-corrected chi connectivity index (χ3v) is 5.42. The van der Waals surface area contributed by atoms with Crippen LogP contribution in [0.25, 0.3) is 11.1 Å². The van der Waals surface area contributed by atoms with Gasteiger partial charge in [0.2, 0.25) is 0 Å². The average Bonchev–Trinajstić information content (AvgIpc) is 3.25. The number of allylic oxidation sites excluding steroid dienone is 4. The van der Waals surface area contributed by atoms with Crippen molar-refractivity contribution in [3.63, 3.8) is 0 Å². The minimum absolute atomic E-state index is 0.325. The van der Waals surface area contributed by atoms with Crippen LogP contribution in [-0.4, -0.2) is 4.57 Å². The van der Waals surface area contributed by atoms with Crippen molar-refractivity contribution in [2.75, 3.05) is 0 Å². The molecule has 0 amide bonds. The lowest BCUT2D eigenvalue weighted by Crippen LogP contribution is -2.23. The van der Waals surface area contributed by atoms with E-state index in [-0.39, 0.29) is 0 Å². The van der Waals surface area contributed by atoms with Crippen molar-refractivity contribution in [1.29, 1.82) is 5.41 Å². The van der Waals surface area contributed by atoms with Crippen LogP contribution >= 0.6 is 0 Å². The van der Waals surface area contributed by atoms with Gasteiger partial charge in [0, 0.05) is 6.20 Å². The van der Waals surface area contributed by atoms with Crippen molar-refractivity contribution in [2.45, 2.75) is 20.5 Å². The number of hydrogen-bond acceptors (Lipinski definition) is 2. The number of aromatic nitrogens is 1. The van der Waals surface area contributed by atoms with Crippen LogP contribution in [0.3, 0.4) is 0 Å². The lowest BCUT2D eigenvalue weighted by molar-refractivity contribution is 0.677. The van der Waals surface area contributed by atoms with Crippen molar-refractivity contribution in [3.8, 4) is 0 Å². The van der Waals surface area contributed by atoms with E-state index in [1.165, 1.54) is 22.3 Å². The highest BCUT2D eigenvalue weighted by Gasteiger charge is 2.49. The van der Waals surface area contributed by atoms with Crippen LogP contribution in [0, 0.1) is 30.1 Å². The Morgan fingerprint density at radius 2 is 2.00 bits per heavy atom. The van der Waals surface area contributed by atoms with Gasteiger partial charge in [-0.1, -0.05) is 48.9 Å². The van der Waals surface area contributed by atoms with E-state index in [1.54, 1.807) is 4.57 Å². The molecule has 1 saturated carbocycles. The van der Waals surface area contributed by atoms with Gasteiger partial charge in [-0.15, -0.1) is 0 Å². The van der Waals surface area contributed by atoms with Gasteiger partial charge in [-0.2, -0.15) is 0 Å². The van der Waals surface area contributed by atoms with Crippen molar-refractivity contribution in [2.24, 2.45) is 23.5 Å². The molecule has 3 nitrogen and oxygen atoms in total. The fourth-order valence-electron chi connectivity index (χ4n) is 3.99. The molecule has 0 saturated heterocycles. The number of hydrogen-bond donors (Lipinski definition) is 2. The van der Waals surface area contributed by atoms with E-state index >= 15 is 0 Å². The van der Waals surface area contributed by atoms with Gasteiger partial charge in [-0.05, 0) is 59.1 Å². The quantitative estimate of drug-likeness (QED) is 0.893. The molecule has 2 aromatic rings. The van der Waals surface area contributed by atoms with Gasteiger partial charge in [0.15, 0.2) is 0 Å². The Balaban J connectivity index is 1.92. The molecule has 2 aliphatic carbocycles. The standard InChI is InChI=1S/C21H23N3/c1-13-4-3-5-15(10-13)21-18(8-7-17-14(2)20(17)21)16-6-9-19(23)24(11-16)12-22/h3-11,14,17,20,23H,12,22H2,1-2H3. The van der Waals surface area contributed by atoms with Crippen LogP contribution in [-0.2, 0) is 6.67 Å². The summed E-state index contributed by atoms with van der Waals surface area (Å²) in [5, 5.41) is 7.95. The van der Waals surface area contributed by atoms with Gasteiger partial charge in [0.1, 0.15) is 5.49 Å². The molecule has 1 fully saturated rings. The number of nitrogens with zero attached hydrogens (tertiary/aromatic N) is 1. The molecular formula is C21H23N3. The lowest BCUT2D eigenvalue weighted by atomic mass is 9.87. The van der Waals surface area contributed by atoms with E-state index in [0.29, 0.717) is 29.9 Å². The van der Waals surface area contributed by atoms with Crippen molar-refractivity contribution >= 4 is 11.1 Å². The van der Waals surface area contributed by atoms with E-state index in [4.69, 9.17) is 11.1 Å².